The highest BCUT2D eigenvalue weighted by Crippen LogP contribution is 2.67. The van der Waals surface area contributed by atoms with Crippen LogP contribution in [0.2, 0.25) is 0 Å². The summed E-state index contributed by atoms with van der Waals surface area (Å²) in [4.78, 5) is 13.2. The van der Waals surface area contributed by atoms with Crippen molar-refractivity contribution in [2.45, 2.75) is 82.9 Å². The maximum absolute atomic E-state index is 13.2. The fourth-order valence-corrected chi connectivity index (χ4v) is 6.95. The molecule has 2 saturated carbocycles. The second-order valence-electron chi connectivity index (χ2n) is 9.80. The van der Waals surface area contributed by atoms with Gasteiger partial charge in [-0.25, -0.2) is 0 Å². The van der Waals surface area contributed by atoms with Crippen molar-refractivity contribution in [3.05, 3.63) is 0 Å². The molecule has 2 aliphatic heterocycles. The topological polar surface area (TPSA) is 96.2 Å². The van der Waals surface area contributed by atoms with Crippen molar-refractivity contribution in [1.29, 1.82) is 0 Å². The Labute approximate surface area is 154 Å². The number of rotatable bonds is 1. The zero-order valence-electron chi connectivity index (χ0n) is 16.0. The predicted octanol–water partition coefficient (Wildman–Crippen LogP) is 1.40. The molecule has 0 aromatic rings. The summed E-state index contributed by atoms with van der Waals surface area (Å²) in [6, 6.07) is 0. The summed E-state index contributed by atoms with van der Waals surface area (Å²) in [6.07, 6.45) is 2.58. The van der Waals surface area contributed by atoms with Gasteiger partial charge < -0.3 is 24.8 Å². The number of ether oxygens (including phenoxy) is 2. The maximum Gasteiger partial charge on any atom is 0.166 e. The standard InChI is InChI=1S/C20H32O6/c1-12-14(23)15(24)16-17(2,10-21)5-4-6-18(16,3)20(12)8-7-19(26-20)9-13(22)25-11-19/h12-14,16,21-23H,4-11H2,1-3H3/t12-,13-,14-,16+,17-,18+,19-,20-/m1/s1. The van der Waals surface area contributed by atoms with E-state index in [1.165, 1.54) is 0 Å². The van der Waals surface area contributed by atoms with Crippen LogP contribution < -0.4 is 0 Å². The highest BCUT2D eigenvalue weighted by Gasteiger charge is 2.72. The smallest absolute Gasteiger partial charge is 0.166 e. The molecule has 0 aromatic heterocycles. The van der Waals surface area contributed by atoms with Gasteiger partial charge in [-0.3, -0.25) is 4.79 Å². The summed E-state index contributed by atoms with van der Waals surface area (Å²) < 4.78 is 12.2. The van der Waals surface area contributed by atoms with Crippen LogP contribution in [0.4, 0.5) is 0 Å². The lowest BCUT2D eigenvalue weighted by Crippen LogP contribution is -2.70. The van der Waals surface area contributed by atoms with Crippen molar-refractivity contribution in [3.8, 4) is 0 Å². The Morgan fingerprint density at radius 1 is 1.15 bits per heavy atom. The first-order chi connectivity index (χ1) is 12.1. The van der Waals surface area contributed by atoms with Crippen molar-refractivity contribution in [2.75, 3.05) is 13.2 Å². The Morgan fingerprint density at radius 3 is 2.50 bits per heavy atom. The monoisotopic (exact) mass is 368 g/mol. The summed E-state index contributed by atoms with van der Waals surface area (Å²) in [7, 11) is 0. The second kappa shape index (κ2) is 5.74. The number of ketones is 1. The minimum Gasteiger partial charge on any atom is -0.396 e. The zero-order chi connectivity index (χ0) is 19.0. The van der Waals surface area contributed by atoms with Crippen LogP contribution in [0, 0.1) is 22.7 Å². The molecule has 0 aromatic carbocycles. The van der Waals surface area contributed by atoms with Crippen LogP contribution in [0.15, 0.2) is 0 Å². The first-order valence-corrected chi connectivity index (χ1v) is 9.96. The third kappa shape index (κ3) is 2.20. The van der Waals surface area contributed by atoms with Gasteiger partial charge in [0.25, 0.3) is 0 Å². The van der Waals surface area contributed by atoms with E-state index in [1.54, 1.807) is 0 Å². The summed E-state index contributed by atoms with van der Waals surface area (Å²) in [5.74, 6) is -0.897. The molecule has 8 atom stereocenters. The van der Waals surface area contributed by atoms with Crippen LogP contribution in [0.25, 0.3) is 0 Å². The van der Waals surface area contributed by atoms with E-state index in [0.717, 1.165) is 32.1 Å². The molecule has 0 radical (unpaired) electrons. The van der Waals surface area contributed by atoms with Crippen LogP contribution in [-0.4, -0.2) is 57.9 Å². The fourth-order valence-electron chi connectivity index (χ4n) is 6.95. The molecule has 4 aliphatic rings. The molecule has 0 unspecified atom stereocenters. The molecule has 4 fully saturated rings. The molecule has 3 N–H and O–H groups in total. The molecule has 6 nitrogen and oxygen atoms in total. The molecule has 2 spiro atoms. The van der Waals surface area contributed by atoms with Gasteiger partial charge in [0.15, 0.2) is 12.1 Å². The molecule has 0 amide bonds. The third-order valence-electron chi connectivity index (χ3n) is 8.33. The lowest BCUT2D eigenvalue weighted by atomic mass is 9.43. The van der Waals surface area contributed by atoms with E-state index in [2.05, 4.69) is 6.92 Å². The number of hydrogen-bond acceptors (Lipinski definition) is 6. The van der Waals surface area contributed by atoms with Gasteiger partial charge in [-0.2, -0.15) is 0 Å². The zero-order valence-corrected chi connectivity index (χ0v) is 16.0. The largest absolute Gasteiger partial charge is 0.396 e. The fraction of sp³-hybridized carbons (Fsp3) is 0.950. The number of carbonyl (C=O) groups excluding carboxylic acids is 1. The number of fused-ring (bicyclic) bond motifs is 2. The average molecular weight is 368 g/mol. The number of aliphatic hydroxyl groups excluding tert-OH is 3. The molecule has 6 heteroatoms. The van der Waals surface area contributed by atoms with E-state index < -0.39 is 40.3 Å². The SMILES string of the molecule is C[C@@H]1[C@@H](O)C(=O)[C@H]2[C@@](C)(CO)CCC[C@]2(C)[C@@]12CC[C@@]1(CO[C@@H](O)C1)O2. The number of carbonyl (C=O) groups is 1. The van der Waals surface area contributed by atoms with Gasteiger partial charge in [-0.1, -0.05) is 27.2 Å². The first-order valence-electron chi connectivity index (χ1n) is 9.96. The molecular formula is C20H32O6. The van der Waals surface area contributed by atoms with Gasteiger partial charge in [-0.05, 0) is 25.7 Å². The predicted molar refractivity (Wildman–Crippen MR) is 93.2 cm³/mol. The molecule has 148 valence electrons. The average Bonchev–Trinajstić information content (AvgIpc) is 3.16. The molecule has 2 heterocycles. The normalized spacial score (nSPS) is 57.1. The minimum absolute atomic E-state index is 0.0663. The van der Waals surface area contributed by atoms with Crippen molar-refractivity contribution in [2.24, 2.45) is 22.7 Å². The second-order valence-corrected chi connectivity index (χ2v) is 9.80. The molecule has 0 bridgehead atoms. The van der Waals surface area contributed by atoms with Crippen molar-refractivity contribution in [3.63, 3.8) is 0 Å². The van der Waals surface area contributed by atoms with Gasteiger partial charge in [0, 0.05) is 35.7 Å². The van der Waals surface area contributed by atoms with Gasteiger partial charge in [-0.15, -0.1) is 0 Å². The van der Waals surface area contributed by atoms with E-state index in [4.69, 9.17) is 9.47 Å². The number of aliphatic hydroxyl groups is 3. The lowest BCUT2D eigenvalue weighted by Gasteiger charge is -2.64. The van der Waals surface area contributed by atoms with Crippen LogP contribution in [0.5, 0.6) is 0 Å². The van der Waals surface area contributed by atoms with Crippen LogP contribution in [0.1, 0.15) is 59.3 Å². The Balaban J connectivity index is 1.80. The van der Waals surface area contributed by atoms with Gasteiger partial charge in [0.2, 0.25) is 0 Å². The molecule has 2 aliphatic carbocycles. The van der Waals surface area contributed by atoms with Gasteiger partial charge in [0.05, 0.1) is 17.8 Å². The summed E-state index contributed by atoms with van der Waals surface area (Å²) in [5.41, 5.74) is -2.16. The first kappa shape index (κ1) is 18.8. The van der Waals surface area contributed by atoms with E-state index >= 15 is 0 Å². The Bertz CT molecular complexity index is 609. The maximum atomic E-state index is 13.2. The summed E-state index contributed by atoms with van der Waals surface area (Å²) in [5, 5.41) is 30.8. The molecule has 26 heavy (non-hydrogen) atoms. The van der Waals surface area contributed by atoms with Crippen molar-refractivity contribution >= 4 is 5.78 Å². The van der Waals surface area contributed by atoms with E-state index in [-0.39, 0.29) is 18.3 Å². The number of hydrogen-bond donors (Lipinski definition) is 3. The van der Waals surface area contributed by atoms with E-state index in [0.29, 0.717) is 13.0 Å². The van der Waals surface area contributed by atoms with Crippen LogP contribution in [-0.2, 0) is 14.3 Å². The molecule has 2 saturated heterocycles. The quantitative estimate of drug-likeness (QED) is 0.647. The highest BCUT2D eigenvalue weighted by molar-refractivity contribution is 5.88. The Kier molecular flexibility index (Phi) is 4.15. The Morgan fingerprint density at radius 2 is 1.88 bits per heavy atom. The lowest BCUT2D eigenvalue weighted by molar-refractivity contribution is -0.259. The summed E-state index contributed by atoms with van der Waals surface area (Å²) >= 11 is 0. The van der Waals surface area contributed by atoms with Gasteiger partial charge in [0.1, 0.15) is 6.10 Å². The van der Waals surface area contributed by atoms with Crippen molar-refractivity contribution < 1.29 is 29.6 Å². The van der Waals surface area contributed by atoms with E-state index in [9.17, 15) is 20.1 Å². The molecular weight excluding hydrogens is 336 g/mol. The summed E-state index contributed by atoms with van der Waals surface area (Å²) in [6.45, 7) is 6.29. The van der Waals surface area contributed by atoms with E-state index in [1.807, 2.05) is 13.8 Å². The van der Waals surface area contributed by atoms with Gasteiger partial charge >= 0.3 is 0 Å². The van der Waals surface area contributed by atoms with Crippen LogP contribution >= 0.6 is 0 Å². The number of Topliss-reactive ketones (excluding diaryl/α,β-unsaturated/α-hetero) is 1. The van der Waals surface area contributed by atoms with Crippen molar-refractivity contribution in [1.82, 2.24) is 0 Å². The van der Waals surface area contributed by atoms with Crippen LogP contribution in [0.3, 0.4) is 0 Å². The highest BCUT2D eigenvalue weighted by atomic mass is 16.6. The Hall–Kier alpha value is -0.530. The third-order valence-corrected chi connectivity index (χ3v) is 8.33. The minimum atomic E-state index is -1.08. The molecule has 4 rings (SSSR count).